The van der Waals surface area contributed by atoms with E-state index in [0.717, 1.165) is 25.9 Å². The third-order valence-corrected chi connectivity index (χ3v) is 21.1. The molecule has 760 valence electrons. The van der Waals surface area contributed by atoms with Crippen molar-refractivity contribution in [1.82, 2.24) is 5.32 Å². The second-order valence-electron chi connectivity index (χ2n) is 37.1. The Morgan fingerprint density at radius 2 is 0.793 bits per heavy atom. The van der Waals surface area contributed by atoms with Gasteiger partial charge in [-0.1, -0.05) is 108 Å². The molecule has 0 radical (unpaired) electrons. The molecule has 0 saturated heterocycles. The number of nitrogens with two attached hydrogens (primary N) is 1. The number of methoxy groups -OCH3 is 2. The summed E-state index contributed by atoms with van der Waals surface area (Å²) in [7, 11) is -8.14. The Balaban J connectivity index is 0.000000335. The quantitative estimate of drug-likeness (QED) is 0.00630. The van der Waals surface area contributed by atoms with E-state index in [0.29, 0.717) is 178 Å². The minimum atomic E-state index is -10.7. The summed E-state index contributed by atoms with van der Waals surface area (Å²) in [5, 5.41) is 50.2. The molecule has 2 aliphatic rings. The molecule has 140 heavy (non-hydrogen) atoms. The molecule has 0 atom stereocenters. The molecule has 8 bridgehead atoms. The van der Waals surface area contributed by atoms with Crippen molar-refractivity contribution in [3.05, 3.63) is 235 Å². The Hall–Kier alpha value is -13.0. The van der Waals surface area contributed by atoms with E-state index >= 15 is 0 Å². The SMILES string of the molecule is CC(C)(C)OC(=O)Nc1ccc2c(c1)OCCOCCOCCOc1cc(NC(=O)OC(C)(C)C)ccc1OCCOCCOCCO2.COC(=O)COc1c2cccc1Cc1cc(-c3cccc([N+](=O)[O-])c3)cc(c1O)Cc1cccc(c1OCC(=O)OC)Cc1cc(-c3cccc(NC(=O)CCNC(=O)CCCC[NH2+]Cc4cc(C(C)(C)C)cc(C(C)(C)C)c4)c3)cc(c1O)C2.F[P-](F)(F)(F)(F)F. The summed E-state index contributed by atoms with van der Waals surface area (Å²) in [6.07, 6.45) is 1.24. The van der Waals surface area contributed by atoms with Gasteiger partial charge in [0, 0.05) is 92.0 Å². The van der Waals surface area contributed by atoms with Gasteiger partial charge in [0.05, 0.1) is 78.5 Å². The number of unbranched alkanes of at least 4 members (excludes halogenated alkanes) is 1. The van der Waals surface area contributed by atoms with E-state index in [1.807, 2.05) is 66.7 Å². The van der Waals surface area contributed by atoms with Gasteiger partial charge in [-0.15, -0.1) is 0 Å². The van der Waals surface area contributed by atoms with Gasteiger partial charge in [-0.3, -0.25) is 30.3 Å². The van der Waals surface area contributed by atoms with Crippen LogP contribution in [-0.4, -0.2) is 182 Å². The third-order valence-electron chi connectivity index (χ3n) is 21.1. The number of rotatable bonds is 22. The first-order chi connectivity index (χ1) is 65.9. The molecule has 8 N–H and O–H groups in total. The normalized spacial score (nSPS) is 14.2. The summed E-state index contributed by atoms with van der Waals surface area (Å²) in [5.74, 6) is 0.795. The minimum absolute atomic E-state index is 0.0220. The number of anilines is 3. The molecule has 11 rings (SSSR count). The van der Waals surface area contributed by atoms with E-state index < -0.39 is 61.3 Å². The van der Waals surface area contributed by atoms with Crippen molar-refractivity contribution in [1.29, 1.82) is 0 Å². The molecular weight excluding hydrogens is 1850 g/mol. The number of carbonyl (C=O) groups excluding carboxylic acids is 6. The molecule has 1 aliphatic carbocycles. The van der Waals surface area contributed by atoms with E-state index in [2.05, 4.69) is 86.3 Å². The predicted octanol–water partition coefficient (Wildman–Crippen LogP) is 20.2. The van der Waals surface area contributed by atoms with Crippen LogP contribution in [0.2, 0.25) is 0 Å². The molecule has 1 heterocycles. The van der Waals surface area contributed by atoms with E-state index in [1.54, 1.807) is 108 Å². The zero-order chi connectivity index (χ0) is 102. The average molecular weight is 1980 g/mol. The number of para-hydroxylation sites is 2. The number of nitrogens with zero attached hydrogens (tertiary/aromatic N) is 1. The van der Waals surface area contributed by atoms with Crippen LogP contribution in [0.4, 0.5) is 57.5 Å². The maximum atomic E-state index is 13.4. The average Bonchev–Trinajstić information content (AvgIpc) is 0.770. The number of nitrogens with one attached hydrogen (secondary N) is 4. The molecule has 1 aliphatic heterocycles. The fourth-order valence-electron chi connectivity index (χ4n) is 14.5. The fourth-order valence-corrected chi connectivity index (χ4v) is 14.5. The van der Waals surface area contributed by atoms with Crippen molar-refractivity contribution in [2.24, 2.45) is 0 Å². The van der Waals surface area contributed by atoms with E-state index in [1.165, 1.54) is 43.0 Å². The van der Waals surface area contributed by atoms with Gasteiger partial charge in [0.1, 0.15) is 67.2 Å². The molecule has 0 unspecified atom stereocenters. The summed E-state index contributed by atoms with van der Waals surface area (Å²) < 4.78 is 139. The Bertz CT molecular complexity index is 5510. The van der Waals surface area contributed by atoms with Crippen LogP contribution in [0.5, 0.6) is 46.0 Å². The van der Waals surface area contributed by atoms with Crippen molar-refractivity contribution in [3.8, 4) is 68.2 Å². The Morgan fingerprint density at radius 3 is 1.18 bits per heavy atom. The van der Waals surface area contributed by atoms with Gasteiger partial charge < -0.3 is 92.5 Å². The molecule has 37 heteroatoms. The van der Waals surface area contributed by atoms with Gasteiger partial charge >= 0.3 is 57.1 Å². The van der Waals surface area contributed by atoms with Crippen LogP contribution >= 0.6 is 7.81 Å². The van der Waals surface area contributed by atoms with Crippen LogP contribution in [0.1, 0.15) is 170 Å². The van der Waals surface area contributed by atoms with Gasteiger partial charge in [-0.2, -0.15) is 0 Å². The van der Waals surface area contributed by atoms with Crippen molar-refractivity contribution >= 4 is 66.5 Å². The number of ether oxygens (including phenoxy) is 14. The van der Waals surface area contributed by atoms with Gasteiger partial charge in [-0.25, -0.2) is 19.2 Å². The second kappa shape index (κ2) is 49.7. The number of hydrogen-bond donors (Lipinski definition) is 7. The Morgan fingerprint density at radius 1 is 0.421 bits per heavy atom. The van der Waals surface area contributed by atoms with Gasteiger partial charge in [0.25, 0.3) is 5.69 Å². The number of quaternary nitrogens is 1. The topological polar surface area (TPSA) is 380 Å². The molecule has 0 saturated carbocycles. The number of nitro benzene ring substituents is 1. The number of carbonyl (C=O) groups is 6. The Labute approximate surface area is 810 Å². The van der Waals surface area contributed by atoms with Crippen molar-refractivity contribution in [2.45, 2.75) is 163 Å². The molecule has 4 amide bonds. The Kier molecular flexibility index (Phi) is 39.3. The number of hydrogen-bond acceptors (Lipinski definition) is 24. The fraction of sp³-hybridized carbons (Fsp3) is 0.417. The number of amides is 4. The van der Waals surface area contributed by atoms with Gasteiger partial charge in [-0.05, 0) is 216 Å². The molecular formula is C103H127F6N6O24P. The molecule has 9 aromatic carbocycles. The van der Waals surface area contributed by atoms with Crippen LogP contribution in [0.3, 0.4) is 0 Å². The van der Waals surface area contributed by atoms with Crippen molar-refractivity contribution < 1.29 is 141 Å². The summed E-state index contributed by atoms with van der Waals surface area (Å²) >= 11 is 0. The third kappa shape index (κ3) is 39.0. The van der Waals surface area contributed by atoms with Gasteiger partial charge in [0.2, 0.25) is 11.8 Å². The number of nitro groups is 1. The molecule has 0 aromatic heterocycles. The number of aromatic hydroxyl groups is 2. The first kappa shape index (κ1) is 111. The summed E-state index contributed by atoms with van der Waals surface area (Å²) in [5.41, 5.74) is 11.0. The zero-order valence-electron chi connectivity index (χ0n) is 81.4. The van der Waals surface area contributed by atoms with Gasteiger partial charge in [0.15, 0.2) is 36.2 Å². The predicted molar refractivity (Wildman–Crippen MR) is 519 cm³/mol. The summed E-state index contributed by atoms with van der Waals surface area (Å²) in [6, 6.07) is 48.8. The first-order valence-electron chi connectivity index (χ1n) is 45.7. The molecule has 9 aromatic rings. The second-order valence-corrected chi connectivity index (χ2v) is 39.0. The number of non-ortho nitro benzene ring substituents is 1. The van der Waals surface area contributed by atoms with Crippen molar-refractivity contribution in [2.75, 3.05) is 136 Å². The number of phenolic OH excluding ortho intramolecular Hbond substituents is 2. The monoisotopic (exact) mass is 1980 g/mol. The van der Waals surface area contributed by atoms with Crippen molar-refractivity contribution in [3.63, 3.8) is 0 Å². The summed E-state index contributed by atoms with van der Waals surface area (Å²) in [4.78, 5) is 87.6. The van der Waals surface area contributed by atoms with Crippen LogP contribution < -0.4 is 55.0 Å². The van der Waals surface area contributed by atoms with Crippen LogP contribution in [0.25, 0.3) is 22.3 Å². The van der Waals surface area contributed by atoms with E-state index in [-0.39, 0.29) is 105 Å². The number of phenols is 2. The van der Waals surface area contributed by atoms with Crippen LogP contribution in [0.15, 0.2) is 164 Å². The molecule has 0 spiro atoms. The summed E-state index contributed by atoms with van der Waals surface area (Å²) in [6.45, 7) is 28.9. The van der Waals surface area contributed by atoms with Crippen LogP contribution in [-0.2, 0) is 100 Å². The standard InChI is InChI=1S/C69H76N4O12.C34H50N2O12.F6P/c1-68(2,3)56-27-43(28-57(39-56)69(4,5)6)40-70-25-10-9-23-60(74)71-26-24-61(75)72-58-21-13-15-44(37-58)50-33-52-29-46-17-11-19-48(66(46)84-41-62(76)82-7)31-54-35-51(45-16-14-22-59(38-45)73(80)81)36-55(65(54)79)32-49-20-12-18-47(30-53(34-50)64(52)78)67(49)85-42-63(77)83-8;1-33(2,3)47-31(37)35-25-7-9-27-29(23-25)45-21-17-41-13-14-42-18-22-46-30-24-26(36-32(38)48-34(4,5)6)8-10-28(30)44-20-16-40-12-11-39-15-19-43-27;1-7(2,3,4,5)6/h11-22,27-28,33-39,70,78-79H,9-10,23-26,29-32,40-42H2,1-8H3,(H,71,74)(H,72,75);7-10,23-24H,11-22H2,1-6H3,(H,35,37)(H,36,38);/q;;-1/p+1. The maximum absolute atomic E-state index is 13.4. The number of fused-ring (bicyclic) bond motifs is 10. The van der Waals surface area contributed by atoms with E-state index in [9.17, 15) is 74.3 Å². The van der Waals surface area contributed by atoms with E-state index in [4.69, 9.17) is 66.3 Å². The molecule has 30 nitrogen and oxygen atoms in total. The van der Waals surface area contributed by atoms with Crippen LogP contribution in [0, 0.1) is 10.1 Å². The molecule has 0 fully saturated rings. The zero-order valence-corrected chi connectivity index (χ0v) is 82.3. The first-order valence-corrected chi connectivity index (χ1v) is 47.8. The number of benzene rings is 9. The number of halogens is 6. The number of esters is 2.